The van der Waals surface area contributed by atoms with Gasteiger partial charge in [-0.25, -0.2) is 0 Å². The molecule has 104 valence electrons. The lowest BCUT2D eigenvalue weighted by Gasteiger charge is -2.07. The fourth-order valence-corrected chi connectivity index (χ4v) is 1.81. The van der Waals surface area contributed by atoms with Gasteiger partial charge in [-0.05, 0) is 32.1 Å². The predicted octanol–water partition coefficient (Wildman–Crippen LogP) is 2.95. The van der Waals surface area contributed by atoms with Crippen LogP contribution >= 0.6 is 0 Å². The second kappa shape index (κ2) is 6.06. The normalized spacial score (nSPS) is 10.8. The van der Waals surface area contributed by atoms with Gasteiger partial charge in [0.2, 0.25) is 5.91 Å². The maximum atomic E-state index is 11.9. The number of amides is 1. The number of methoxy groups -OCH3 is 1. The molecule has 1 aromatic carbocycles. The zero-order valence-corrected chi connectivity index (χ0v) is 11.6. The molecule has 20 heavy (non-hydrogen) atoms. The van der Waals surface area contributed by atoms with E-state index >= 15 is 0 Å². The first-order valence-corrected chi connectivity index (χ1v) is 6.16. The lowest BCUT2D eigenvalue weighted by Crippen LogP contribution is -2.08. The molecule has 0 aliphatic carbocycles. The van der Waals surface area contributed by atoms with Crippen LogP contribution in [0.4, 0.5) is 5.69 Å². The fraction of sp³-hybridized carbons (Fsp3) is 0.200. The van der Waals surface area contributed by atoms with Crippen LogP contribution in [0.3, 0.4) is 0 Å². The monoisotopic (exact) mass is 272 g/mol. The minimum Gasteiger partial charge on any atom is -0.495 e. The Morgan fingerprint density at radius 1 is 1.35 bits per heavy atom. The van der Waals surface area contributed by atoms with Crippen LogP contribution in [0.1, 0.15) is 17.0 Å². The van der Waals surface area contributed by atoms with E-state index in [1.54, 1.807) is 32.2 Å². The number of aromatic nitrogens is 1. The topological polar surface area (TPSA) is 64.4 Å². The summed E-state index contributed by atoms with van der Waals surface area (Å²) in [7, 11) is 1.56. The van der Waals surface area contributed by atoms with E-state index in [1.807, 2.05) is 19.1 Å². The third-order valence-electron chi connectivity index (χ3n) is 2.85. The lowest BCUT2D eigenvalue weighted by molar-refractivity contribution is -0.111. The van der Waals surface area contributed by atoms with Crippen LogP contribution in [-0.2, 0) is 4.79 Å². The number of hydrogen-bond acceptors (Lipinski definition) is 4. The average Bonchev–Trinajstić information content (AvgIpc) is 2.76. The summed E-state index contributed by atoms with van der Waals surface area (Å²) in [6.45, 7) is 3.63. The van der Waals surface area contributed by atoms with Crippen molar-refractivity contribution >= 4 is 17.7 Å². The molecule has 0 radical (unpaired) electrons. The van der Waals surface area contributed by atoms with Gasteiger partial charge in [0.1, 0.15) is 11.5 Å². The summed E-state index contributed by atoms with van der Waals surface area (Å²) >= 11 is 0. The van der Waals surface area contributed by atoms with Crippen LogP contribution in [0.25, 0.3) is 6.08 Å². The predicted molar refractivity (Wildman–Crippen MR) is 76.6 cm³/mol. The van der Waals surface area contributed by atoms with Crippen molar-refractivity contribution in [3.63, 3.8) is 0 Å². The fourth-order valence-electron chi connectivity index (χ4n) is 1.81. The first-order valence-electron chi connectivity index (χ1n) is 6.16. The minimum absolute atomic E-state index is 0.241. The number of nitrogens with zero attached hydrogens (tertiary/aromatic N) is 1. The van der Waals surface area contributed by atoms with E-state index in [0.717, 1.165) is 11.3 Å². The maximum absolute atomic E-state index is 11.9. The molecule has 0 aliphatic rings. The Morgan fingerprint density at radius 2 is 2.10 bits per heavy atom. The number of para-hydroxylation sites is 2. The summed E-state index contributed by atoms with van der Waals surface area (Å²) in [6, 6.07) is 7.23. The van der Waals surface area contributed by atoms with Crippen LogP contribution in [0.2, 0.25) is 0 Å². The number of rotatable bonds is 4. The Kier molecular flexibility index (Phi) is 4.20. The number of hydrogen-bond donors (Lipinski definition) is 1. The molecule has 0 saturated carbocycles. The number of carbonyl (C=O) groups is 1. The summed E-state index contributed by atoms with van der Waals surface area (Å²) in [5.41, 5.74) is 2.20. The average molecular weight is 272 g/mol. The van der Waals surface area contributed by atoms with E-state index in [1.165, 1.54) is 6.08 Å². The van der Waals surface area contributed by atoms with Crippen molar-refractivity contribution < 1.29 is 14.1 Å². The molecule has 1 heterocycles. The Hall–Kier alpha value is -2.56. The summed E-state index contributed by atoms with van der Waals surface area (Å²) in [5.74, 6) is 1.06. The molecule has 1 N–H and O–H groups in total. The van der Waals surface area contributed by atoms with Crippen molar-refractivity contribution in [1.82, 2.24) is 5.16 Å². The highest BCUT2D eigenvalue weighted by Gasteiger charge is 2.07. The molecule has 0 saturated heterocycles. The molecule has 0 fully saturated rings. The van der Waals surface area contributed by atoms with Crippen LogP contribution < -0.4 is 10.1 Å². The van der Waals surface area contributed by atoms with E-state index in [0.29, 0.717) is 17.2 Å². The molecule has 0 aliphatic heterocycles. The van der Waals surface area contributed by atoms with Crippen molar-refractivity contribution in [1.29, 1.82) is 0 Å². The number of carbonyl (C=O) groups excluding carboxylic acids is 1. The molecule has 2 rings (SSSR count). The molecule has 5 nitrogen and oxygen atoms in total. The SMILES string of the molecule is COc1ccccc1NC(=O)C=Cc1c(C)noc1C. The van der Waals surface area contributed by atoms with Crippen molar-refractivity contribution in [3.05, 3.63) is 47.4 Å². The van der Waals surface area contributed by atoms with Gasteiger partial charge in [0.15, 0.2) is 0 Å². The van der Waals surface area contributed by atoms with Gasteiger partial charge in [-0.1, -0.05) is 17.3 Å². The van der Waals surface area contributed by atoms with E-state index in [4.69, 9.17) is 9.26 Å². The van der Waals surface area contributed by atoms with E-state index < -0.39 is 0 Å². The van der Waals surface area contributed by atoms with Gasteiger partial charge in [-0.15, -0.1) is 0 Å². The summed E-state index contributed by atoms with van der Waals surface area (Å²) in [4.78, 5) is 11.9. The minimum atomic E-state index is -0.241. The molecule has 0 unspecified atom stereocenters. The Bertz CT molecular complexity index is 625. The van der Waals surface area contributed by atoms with Gasteiger partial charge in [-0.3, -0.25) is 4.79 Å². The van der Waals surface area contributed by atoms with Gasteiger partial charge >= 0.3 is 0 Å². The summed E-state index contributed by atoms with van der Waals surface area (Å²) < 4.78 is 10.2. The van der Waals surface area contributed by atoms with E-state index in [9.17, 15) is 4.79 Å². The lowest BCUT2D eigenvalue weighted by atomic mass is 10.2. The largest absolute Gasteiger partial charge is 0.495 e. The van der Waals surface area contributed by atoms with Crippen LogP contribution in [-0.4, -0.2) is 18.2 Å². The number of nitrogens with one attached hydrogen (secondary N) is 1. The molecule has 2 aromatic rings. The van der Waals surface area contributed by atoms with Crippen LogP contribution in [0.5, 0.6) is 5.75 Å². The summed E-state index contributed by atoms with van der Waals surface area (Å²) in [5, 5.41) is 6.59. The molecule has 0 atom stereocenters. The second-order valence-electron chi connectivity index (χ2n) is 4.26. The third-order valence-corrected chi connectivity index (χ3v) is 2.85. The van der Waals surface area contributed by atoms with Gasteiger partial charge in [0.25, 0.3) is 0 Å². The molecular formula is C15H16N2O3. The van der Waals surface area contributed by atoms with Crippen molar-refractivity contribution in [2.75, 3.05) is 12.4 Å². The number of benzene rings is 1. The number of aryl methyl sites for hydroxylation is 2. The smallest absolute Gasteiger partial charge is 0.248 e. The zero-order chi connectivity index (χ0) is 14.5. The quantitative estimate of drug-likeness (QED) is 0.869. The van der Waals surface area contributed by atoms with Crippen molar-refractivity contribution in [3.8, 4) is 5.75 Å². The Labute approximate surface area is 117 Å². The molecular weight excluding hydrogens is 256 g/mol. The van der Waals surface area contributed by atoms with Crippen molar-refractivity contribution in [2.24, 2.45) is 0 Å². The van der Waals surface area contributed by atoms with Crippen LogP contribution in [0, 0.1) is 13.8 Å². The van der Waals surface area contributed by atoms with Gasteiger partial charge in [-0.2, -0.15) is 0 Å². The van der Waals surface area contributed by atoms with Crippen LogP contribution in [0.15, 0.2) is 34.9 Å². The van der Waals surface area contributed by atoms with E-state index in [-0.39, 0.29) is 5.91 Å². The van der Waals surface area contributed by atoms with Crippen molar-refractivity contribution in [2.45, 2.75) is 13.8 Å². The van der Waals surface area contributed by atoms with Gasteiger partial charge in [0, 0.05) is 11.6 Å². The first-order chi connectivity index (χ1) is 9.61. The maximum Gasteiger partial charge on any atom is 0.248 e. The molecule has 0 bridgehead atoms. The second-order valence-corrected chi connectivity index (χ2v) is 4.26. The highest BCUT2D eigenvalue weighted by molar-refractivity contribution is 6.02. The third kappa shape index (κ3) is 3.06. The highest BCUT2D eigenvalue weighted by atomic mass is 16.5. The first kappa shape index (κ1) is 13.9. The molecule has 1 amide bonds. The van der Waals surface area contributed by atoms with Gasteiger partial charge < -0.3 is 14.6 Å². The highest BCUT2D eigenvalue weighted by Crippen LogP contribution is 2.23. The van der Waals surface area contributed by atoms with Gasteiger partial charge in [0.05, 0.1) is 18.5 Å². The Morgan fingerprint density at radius 3 is 2.75 bits per heavy atom. The molecule has 1 aromatic heterocycles. The molecule has 5 heteroatoms. The number of anilines is 1. The zero-order valence-electron chi connectivity index (χ0n) is 11.6. The Balaban J connectivity index is 2.10. The molecule has 0 spiro atoms. The standard InChI is InChI=1S/C15H16N2O3/c1-10-12(11(2)20-17-10)8-9-15(18)16-13-6-4-5-7-14(13)19-3/h4-9H,1-3H3,(H,16,18). The van der Waals surface area contributed by atoms with E-state index in [2.05, 4.69) is 10.5 Å². The number of ether oxygens (including phenoxy) is 1. The summed E-state index contributed by atoms with van der Waals surface area (Å²) in [6.07, 6.45) is 3.13.